The molecule has 8 heteroatoms. The molecular weight excluding hydrogens is 270 g/mol. The lowest BCUT2D eigenvalue weighted by Gasteiger charge is -2.21. The van der Waals surface area contributed by atoms with Gasteiger partial charge in [-0.25, -0.2) is 0 Å². The van der Waals surface area contributed by atoms with Crippen LogP contribution in [0.25, 0.3) is 0 Å². The van der Waals surface area contributed by atoms with E-state index in [1.54, 1.807) is 6.07 Å². The van der Waals surface area contributed by atoms with Crippen molar-refractivity contribution in [1.29, 1.82) is 0 Å². The fourth-order valence-corrected chi connectivity index (χ4v) is 1.57. The molecule has 0 aliphatic rings. The van der Waals surface area contributed by atoms with Crippen LogP contribution in [0.4, 0.5) is 26.3 Å². The average molecular weight is 276 g/mol. The summed E-state index contributed by atoms with van der Waals surface area (Å²) in [6.45, 7) is 0. The van der Waals surface area contributed by atoms with Crippen LogP contribution in [0.3, 0.4) is 0 Å². The number of hydrogen-bond acceptors (Lipinski definition) is 2. The van der Waals surface area contributed by atoms with E-state index in [-0.39, 0.29) is 16.9 Å². The molecule has 96 valence electrons. The Hall–Kier alpha value is -0.890. The van der Waals surface area contributed by atoms with Crippen LogP contribution in [0.1, 0.15) is 0 Å². The normalized spacial score (nSPS) is 13.1. The smallest absolute Gasteiger partial charge is 0.288 e. The molecular formula is C9H6F6OS. The van der Waals surface area contributed by atoms with Crippen LogP contribution in [-0.4, -0.2) is 18.5 Å². The minimum absolute atomic E-state index is 0.0423. The summed E-state index contributed by atoms with van der Waals surface area (Å²) in [6, 6.07) is 7.21. The Morgan fingerprint density at radius 2 is 1.35 bits per heavy atom. The molecule has 0 N–H and O–H groups in total. The third-order valence-electron chi connectivity index (χ3n) is 1.58. The van der Waals surface area contributed by atoms with Crippen LogP contribution in [0.15, 0.2) is 35.2 Å². The van der Waals surface area contributed by atoms with Crippen molar-refractivity contribution >= 4 is 12.0 Å². The molecule has 0 bridgehead atoms. The molecule has 0 saturated carbocycles. The third kappa shape index (κ3) is 4.47. The largest absolute Gasteiger partial charge is 0.424 e. The van der Waals surface area contributed by atoms with Crippen molar-refractivity contribution in [2.24, 2.45) is 0 Å². The summed E-state index contributed by atoms with van der Waals surface area (Å²) in [5, 5.41) is 0. The summed E-state index contributed by atoms with van der Waals surface area (Å²) in [5.74, 6) is 0. The van der Waals surface area contributed by atoms with E-state index in [0.29, 0.717) is 0 Å². The number of halogens is 6. The van der Waals surface area contributed by atoms with E-state index in [0.717, 1.165) is 0 Å². The number of hydrogen-bond donors (Lipinski definition) is 0. The molecule has 0 radical (unpaired) electrons. The zero-order valence-corrected chi connectivity index (χ0v) is 8.86. The first-order chi connectivity index (χ1) is 7.71. The second kappa shape index (κ2) is 5.18. The van der Waals surface area contributed by atoms with Crippen molar-refractivity contribution in [1.82, 2.24) is 0 Å². The van der Waals surface area contributed by atoms with Crippen molar-refractivity contribution in [3.63, 3.8) is 0 Å². The Balaban J connectivity index is 2.70. The zero-order chi connectivity index (χ0) is 13.1. The summed E-state index contributed by atoms with van der Waals surface area (Å²) in [5.41, 5.74) is 0. The maximum atomic E-state index is 12.1. The van der Waals surface area contributed by atoms with Gasteiger partial charge in [-0.15, -0.1) is 0 Å². The van der Waals surface area contributed by atoms with Crippen molar-refractivity contribution in [3.05, 3.63) is 30.3 Å². The van der Waals surface area contributed by atoms with E-state index < -0.39 is 18.5 Å². The van der Waals surface area contributed by atoms with Crippen LogP contribution in [0.2, 0.25) is 0 Å². The number of alkyl halides is 6. The first-order valence-electron chi connectivity index (χ1n) is 4.23. The molecule has 0 atom stereocenters. The Morgan fingerprint density at radius 3 is 1.76 bits per heavy atom. The standard InChI is InChI=1S/C9H6F6OS/c10-8(11,12)7(9(13,14)15)16-17-6-4-2-1-3-5-6/h1-5,7H. The molecule has 0 unspecified atom stereocenters. The predicted octanol–water partition coefficient (Wildman–Crippen LogP) is 4.20. The van der Waals surface area contributed by atoms with Crippen molar-refractivity contribution < 1.29 is 30.5 Å². The zero-order valence-electron chi connectivity index (χ0n) is 8.05. The lowest BCUT2D eigenvalue weighted by molar-refractivity contribution is -0.297. The predicted molar refractivity (Wildman–Crippen MR) is 49.3 cm³/mol. The molecule has 0 spiro atoms. The Labute approximate surface area is 97.0 Å². The highest BCUT2D eigenvalue weighted by molar-refractivity contribution is 7.94. The van der Waals surface area contributed by atoms with Crippen LogP contribution in [0, 0.1) is 0 Å². The van der Waals surface area contributed by atoms with Gasteiger partial charge >= 0.3 is 12.4 Å². The molecule has 0 amide bonds. The van der Waals surface area contributed by atoms with Crippen LogP contribution in [-0.2, 0) is 4.18 Å². The summed E-state index contributed by atoms with van der Waals surface area (Å²) in [4.78, 5) is 0.158. The summed E-state index contributed by atoms with van der Waals surface area (Å²) in [7, 11) is 0. The van der Waals surface area contributed by atoms with E-state index in [2.05, 4.69) is 4.18 Å². The molecule has 0 saturated heterocycles. The van der Waals surface area contributed by atoms with Gasteiger partial charge in [-0.2, -0.15) is 26.3 Å². The van der Waals surface area contributed by atoms with Crippen LogP contribution in [0.5, 0.6) is 0 Å². The third-order valence-corrected chi connectivity index (χ3v) is 2.33. The SMILES string of the molecule is FC(F)(F)C(OSc1ccccc1)C(F)(F)F. The van der Waals surface area contributed by atoms with Gasteiger partial charge in [0.05, 0.1) is 0 Å². The minimum Gasteiger partial charge on any atom is -0.288 e. The van der Waals surface area contributed by atoms with Gasteiger partial charge in [-0.1, -0.05) is 18.2 Å². The van der Waals surface area contributed by atoms with Gasteiger partial charge in [0.1, 0.15) is 0 Å². The molecule has 1 aromatic rings. The average Bonchev–Trinajstić information content (AvgIpc) is 2.15. The topological polar surface area (TPSA) is 9.23 Å². The van der Waals surface area contributed by atoms with E-state index in [4.69, 9.17) is 0 Å². The van der Waals surface area contributed by atoms with E-state index in [1.165, 1.54) is 24.3 Å². The number of rotatable bonds is 3. The van der Waals surface area contributed by atoms with Gasteiger partial charge in [0.2, 0.25) is 0 Å². The molecule has 1 nitrogen and oxygen atoms in total. The lowest BCUT2D eigenvalue weighted by atomic mass is 10.3. The van der Waals surface area contributed by atoms with Gasteiger partial charge in [0, 0.05) is 16.9 Å². The van der Waals surface area contributed by atoms with Gasteiger partial charge in [0.25, 0.3) is 6.10 Å². The lowest BCUT2D eigenvalue weighted by Crippen LogP contribution is -2.42. The monoisotopic (exact) mass is 276 g/mol. The minimum atomic E-state index is -5.49. The maximum absolute atomic E-state index is 12.1. The molecule has 17 heavy (non-hydrogen) atoms. The molecule has 1 aromatic carbocycles. The first kappa shape index (κ1) is 14.2. The quantitative estimate of drug-likeness (QED) is 0.604. The molecule has 0 heterocycles. The highest BCUT2D eigenvalue weighted by Crippen LogP contribution is 2.39. The first-order valence-corrected chi connectivity index (χ1v) is 4.97. The van der Waals surface area contributed by atoms with Gasteiger partial charge in [0.15, 0.2) is 0 Å². The molecule has 0 aliphatic carbocycles. The molecule has 0 fully saturated rings. The second-order valence-corrected chi connectivity index (χ2v) is 3.79. The molecule has 1 rings (SSSR count). The number of benzene rings is 1. The van der Waals surface area contributed by atoms with E-state index >= 15 is 0 Å². The summed E-state index contributed by atoms with van der Waals surface area (Å²) >= 11 is 0.0423. The Bertz CT molecular complexity index is 333. The molecule has 0 aromatic heterocycles. The Kier molecular flexibility index (Phi) is 4.31. The van der Waals surface area contributed by atoms with Crippen molar-refractivity contribution in [2.45, 2.75) is 23.4 Å². The fourth-order valence-electron chi connectivity index (χ4n) is 0.874. The van der Waals surface area contributed by atoms with Gasteiger partial charge in [-0.05, 0) is 12.1 Å². The van der Waals surface area contributed by atoms with E-state index in [1.807, 2.05) is 0 Å². The van der Waals surface area contributed by atoms with E-state index in [9.17, 15) is 26.3 Å². The van der Waals surface area contributed by atoms with Crippen molar-refractivity contribution in [3.8, 4) is 0 Å². The maximum Gasteiger partial charge on any atom is 0.424 e. The highest BCUT2D eigenvalue weighted by Gasteiger charge is 2.58. The van der Waals surface area contributed by atoms with Crippen LogP contribution < -0.4 is 0 Å². The van der Waals surface area contributed by atoms with Crippen LogP contribution >= 0.6 is 12.0 Å². The molecule has 0 aliphatic heterocycles. The fraction of sp³-hybridized carbons (Fsp3) is 0.333. The summed E-state index contributed by atoms with van der Waals surface area (Å²) < 4.78 is 76.2. The Morgan fingerprint density at radius 1 is 0.882 bits per heavy atom. The second-order valence-electron chi connectivity index (χ2n) is 2.96. The highest BCUT2D eigenvalue weighted by atomic mass is 32.2. The summed E-state index contributed by atoms with van der Waals surface area (Å²) in [6.07, 6.45) is -14.8. The van der Waals surface area contributed by atoms with Gasteiger partial charge in [-0.3, -0.25) is 4.18 Å². The van der Waals surface area contributed by atoms with Crippen molar-refractivity contribution in [2.75, 3.05) is 0 Å². The van der Waals surface area contributed by atoms with Gasteiger partial charge < -0.3 is 0 Å².